The van der Waals surface area contributed by atoms with Gasteiger partial charge in [0, 0.05) is 36.5 Å². The summed E-state index contributed by atoms with van der Waals surface area (Å²) in [7, 11) is 1.67. The Labute approximate surface area is 129 Å². The van der Waals surface area contributed by atoms with Crippen molar-refractivity contribution in [2.45, 2.75) is 26.8 Å². The van der Waals surface area contributed by atoms with Crippen molar-refractivity contribution in [3.63, 3.8) is 0 Å². The van der Waals surface area contributed by atoms with E-state index in [0.717, 1.165) is 29.9 Å². The fraction of sp³-hybridized carbons (Fsp3) is 0.438. The largest absolute Gasteiger partial charge is 0.385 e. The molecule has 1 amide bonds. The highest BCUT2D eigenvalue weighted by molar-refractivity contribution is 7.09. The van der Waals surface area contributed by atoms with Crippen LogP contribution in [-0.4, -0.2) is 30.7 Å². The number of thiophene rings is 1. The van der Waals surface area contributed by atoms with Gasteiger partial charge in [0.2, 0.25) is 0 Å². The summed E-state index contributed by atoms with van der Waals surface area (Å²) in [5, 5.41) is 5.02. The molecule has 2 aromatic heterocycles. The minimum Gasteiger partial charge on any atom is -0.385 e. The number of aryl methyl sites for hydroxylation is 1. The molecule has 21 heavy (non-hydrogen) atoms. The van der Waals surface area contributed by atoms with Crippen LogP contribution in [0, 0.1) is 13.8 Å². The van der Waals surface area contributed by atoms with E-state index in [4.69, 9.17) is 4.74 Å². The van der Waals surface area contributed by atoms with Gasteiger partial charge in [-0.15, -0.1) is 11.3 Å². The van der Waals surface area contributed by atoms with Crippen LogP contribution in [0.1, 0.15) is 33.0 Å². The highest BCUT2D eigenvalue weighted by Crippen LogP contribution is 2.19. The highest BCUT2D eigenvalue weighted by Gasteiger charge is 2.15. The number of rotatable bonds is 7. The Kier molecular flexibility index (Phi) is 5.59. The summed E-state index contributed by atoms with van der Waals surface area (Å²) in [6.45, 7) is 6.18. The molecule has 1 N–H and O–H groups in total. The zero-order valence-corrected chi connectivity index (χ0v) is 13.6. The average molecular weight is 306 g/mol. The number of nitrogens with zero attached hydrogens (tertiary/aromatic N) is 1. The minimum atomic E-state index is -0.00312. The monoisotopic (exact) mass is 306 g/mol. The van der Waals surface area contributed by atoms with Crippen molar-refractivity contribution in [2.75, 3.05) is 20.3 Å². The molecule has 4 nitrogen and oxygen atoms in total. The summed E-state index contributed by atoms with van der Waals surface area (Å²) in [6.07, 6.45) is 0.830. The van der Waals surface area contributed by atoms with Gasteiger partial charge in [-0.05, 0) is 37.8 Å². The average Bonchev–Trinajstić information content (AvgIpc) is 3.07. The van der Waals surface area contributed by atoms with Gasteiger partial charge in [-0.2, -0.15) is 0 Å². The van der Waals surface area contributed by atoms with Gasteiger partial charge in [0.1, 0.15) is 0 Å². The standard InChI is InChI=1S/C16H22N2O2S/c1-12-10-15(16(19)17-7-5-8-20-3)13(2)18(12)11-14-6-4-9-21-14/h4,6,9-10H,5,7-8,11H2,1-3H3,(H,17,19). The zero-order chi connectivity index (χ0) is 15.2. The Balaban J connectivity index is 2.05. The van der Waals surface area contributed by atoms with Crippen molar-refractivity contribution in [1.29, 1.82) is 0 Å². The fourth-order valence-electron chi connectivity index (χ4n) is 2.35. The predicted molar refractivity (Wildman–Crippen MR) is 86.2 cm³/mol. The Morgan fingerprint density at radius 3 is 2.90 bits per heavy atom. The fourth-order valence-corrected chi connectivity index (χ4v) is 3.04. The molecule has 0 aliphatic heterocycles. The molecule has 2 rings (SSSR count). The van der Waals surface area contributed by atoms with E-state index in [1.807, 2.05) is 19.9 Å². The van der Waals surface area contributed by atoms with Crippen molar-refractivity contribution in [1.82, 2.24) is 9.88 Å². The lowest BCUT2D eigenvalue weighted by Crippen LogP contribution is -2.25. The number of hydrogen-bond acceptors (Lipinski definition) is 3. The molecule has 114 valence electrons. The van der Waals surface area contributed by atoms with Crippen molar-refractivity contribution in [3.8, 4) is 0 Å². The maximum absolute atomic E-state index is 12.2. The van der Waals surface area contributed by atoms with Crippen LogP contribution in [-0.2, 0) is 11.3 Å². The molecule has 2 aromatic rings. The minimum absolute atomic E-state index is 0.00312. The third kappa shape index (κ3) is 3.95. The maximum Gasteiger partial charge on any atom is 0.253 e. The first-order valence-electron chi connectivity index (χ1n) is 7.09. The lowest BCUT2D eigenvalue weighted by molar-refractivity contribution is 0.0948. The van der Waals surface area contributed by atoms with Crippen LogP contribution in [0.4, 0.5) is 0 Å². The number of nitrogens with one attached hydrogen (secondary N) is 1. The van der Waals surface area contributed by atoms with Gasteiger partial charge < -0.3 is 14.6 Å². The second-order valence-electron chi connectivity index (χ2n) is 5.05. The molecule has 0 atom stereocenters. The van der Waals surface area contributed by atoms with E-state index < -0.39 is 0 Å². The van der Waals surface area contributed by atoms with Crippen LogP contribution >= 0.6 is 11.3 Å². The topological polar surface area (TPSA) is 43.3 Å². The van der Waals surface area contributed by atoms with E-state index in [9.17, 15) is 4.79 Å². The summed E-state index contributed by atoms with van der Waals surface area (Å²) in [6, 6.07) is 6.14. The van der Waals surface area contributed by atoms with E-state index in [1.165, 1.54) is 4.88 Å². The van der Waals surface area contributed by atoms with Crippen LogP contribution in [0.3, 0.4) is 0 Å². The lowest BCUT2D eigenvalue weighted by Gasteiger charge is -2.09. The van der Waals surface area contributed by atoms with Gasteiger partial charge in [0.15, 0.2) is 0 Å². The van der Waals surface area contributed by atoms with Crippen LogP contribution in [0.2, 0.25) is 0 Å². The molecule has 0 saturated carbocycles. The quantitative estimate of drug-likeness (QED) is 0.799. The first kappa shape index (κ1) is 15.8. The van der Waals surface area contributed by atoms with Crippen LogP contribution in [0.25, 0.3) is 0 Å². The third-order valence-corrected chi connectivity index (χ3v) is 4.38. The first-order chi connectivity index (χ1) is 10.1. The molecule has 0 radical (unpaired) electrons. The maximum atomic E-state index is 12.2. The molecule has 2 heterocycles. The van der Waals surface area contributed by atoms with Gasteiger partial charge in [-0.3, -0.25) is 4.79 Å². The molecule has 0 bridgehead atoms. The molecule has 0 spiro atoms. The van der Waals surface area contributed by atoms with E-state index in [0.29, 0.717) is 13.2 Å². The Morgan fingerprint density at radius 2 is 2.24 bits per heavy atom. The van der Waals surface area contributed by atoms with Crippen LogP contribution in [0.5, 0.6) is 0 Å². The van der Waals surface area contributed by atoms with Gasteiger partial charge in [-0.1, -0.05) is 6.07 Å². The smallest absolute Gasteiger partial charge is 0.253 e. The van der Waals surface area contributed by atoms with Gasteiger partial charge in [-0.25, -0.2) is 0 Å². The van der Waals surface area contributed by atoms with Crippen LogP contribution in [0.15, 0.2) is 23.6 Å². The number of amides is 1. The number of carbonyl (C=O) groups is 1. The Morgan fingerprint density at radius 1 is 1.43 bits per heavy atom. The first-order valence-corrected chi connectivity index (χ1v) is 7.97. The zero-order valence-electron chi connectivity index (χ0n) is 12.8. The summed E-state index contributed by atoms with van der Waals surface area (Å²) >= 11 is 1.74. The summed E-state index contributed by atoms with van der Waals surface area (Å²) in [5.41, 5.74) is 2.90. The van der Waals surface area contributed by atoms with Gasteiger partial charge in [0.25, 0.3) is 5.91 Å². The second-order valence-corrected chi connectivity index (χ2v) is 6.08. The SMILES string of the molecule is COCCCNC(=O)c1cc(C)n(Cc2cccs2)c1C. The normalized spacial score (nSPS) is 10.8. The van der Waals surface area contributed by atoms with E-state index in [1.54, 1.807) is 18.4 Å². The Hall–Kier alpha value is -1.59. The number of ether oxygens (including phenoxy) is 1. The lowest BCUT2D eigenvalue weighted by atomic mass is 10.2. The van der Waals surface area contributed by atoms with Crippen molar-refractivity contribution >= 4 is 17.2 Å². The van der Waals surface area contributed by atoms with Crippen molar-refractivity contribution in [3.05, 3.63) is 45.4 Å². The number of methoxy groups -OCH3 is 1. The number of hydrogen-bond donors (Lipinski definition) is 1. The molecular formula is C16H22N2O2S. The number of aromatic nitrogens is 1. The molecule has 0 aliphatic rings. The van der Waals surface area contributed by atoms with E-state index in [2.05, 4.69) is 27.4 Å². The molecule has 0 aromatic carbocycles. The van der Waals surface area contributed by atoms with Crippen molar-refractivity contribution in [2.24, 2.45) is 0 Å². The highest BCUT2D eigenvalue weighted by atomic mass is 32.1. The third-order valence-electron chi connectivity index (χ3n) is 3.52. The molecule has 0 fully saturated rings. The van der Waals surface area contributed by atoms with Crippen LogP contribution < -0.4 is 5.32 Å². The van der Waals surface area contributed by atoms with E-state index in [-0.39, 0.29) is 5.91 Å². The van der Waals surface area contributed by atoms with Crippen molar-refractivity contribution < 1.29 is 9.53 Å². The summed E-state index contributed by atoms with van der Waals surface area (Å²) < 4.78 is 7.17. The molecule has 0 aliphatic carbocycles. The Bertz CT molecular complexity index is 588. The van der Waals surface area contributed by atoms with Gasteiger partial charge in [0.05, 0.1) is 12.1 Å². The second kappa shape index (κ2) is 7.43. The number of carbonyl (C=O) groups excluding carboxylic acids is 1. The predicted octanol–water partition coefficient (Wildman–Crippen LogP) is 2.98. The van der Waals surface area contributed by atoms with E-state index >= 15 is 0 Å². The summed E-state index contributed by atoms with van der Waals surface area (Å²) in [5.74, 6) is -0.00312. The summed E-state index contributed by atoms with van der Waals surface area (Å²) in [4.78, 5) is 13.5. The molecule has 0 saturated heterocycles. The molecule has 0 unspecified atom stereocenters. The van der Waals surface area contributed by atoms with Gasteiger partial charge >= 0.3 is 0 Å². The molecular weight excluding hydrogens is 284 g/mol. The molecule has 5 heteroatoms.